The molecule has 0 saturated carbocycles. The third-order valence-electron chi connectivity index (χ3n) is 5.49. The molecule has 0 unspecified atom stereocenters. The first-order chi connectivity index (χ1) is 15.5. The van der Waals surface area contributed by atoms with E-state index in [0.717, 1.165) is 15.7 Å². The van der Waals surface area contributed by atoms with Gasteiger partial charge in [-0.1, -0.05) is 39.7 Å². The van der Waals surface area contributed by atoms with Crippen molar-refractivity contribution in [1.82, 2.24) is 9.55 Å². The van der Waals surface area contributed by atoms with Crippen molar-refractivity contribution in [2.24, 2.45) is 0 Å². The van der Waals surface area contributed by atoms with Gasteiger partial charge in [-0.3, -0.25) is 14.2 Å². The van der Waals surface area contributed by atoms with Gasteiger partial charge in [0.1, 0.15) is 5.82 Å². The van der Waals surface area contributed by atoms with E-state index >= 15 is 0 Å². The van der Waals surface area contributed by atoms with Crippen LogP contribution in [0.1, 0.15) is 18.3 Å². The number of fused-ring (bicyclic) bond motifs is 2. The summed E-state index contributed by atoms with van der Waals surface area (Å²) in [6, 6.07) is 19.9. The topological polar surface area (TPSA) is 55.2 Å². The Morgan fingerprint density at radius 2 is 1.78 bits per heavy atom. The molecule has 1 aromatic heterocycles. The van der Waals surface area contributed by atoms with Crippen molar-refractivity contribution in [2.75, 3.05) is 11.4 Å². The number of aromatic nitrogens is 2. The number of rotatable bonds is 3. The van der Waals surface area contributed by atoms with Gasteiger partial charge in [0.05, 0.1) is 27.9 Å². The van der Waals surface area contributed by atoms with Gasteiger partial charge < -0.3 is 4.90 Å². The standard InChI is InChI=1S/C25H17BrClN3O2/c1-2-29-22-12-7-15(26)13-19(22)20(24(29)31)14-23-28-21-6-4-3-5-18(21)25(32)30(23)17-10-8-16(27)9-11-17/h3-14H,2H2,1H3/b20-14-. The van der Waals surface area contributed by atoms with Crippen LogP contribution in [0.25, 0.3) is 28.2 Å². The average molecular weight is 507 g/mol. The van der Waals surface area contributed by atoms with Crippen LogP contribution in [-0.2, 0) is 4.79 Å². The summed E-state index contributed by atoms with van der Waals surface area (Å²) in [5.41, 5.74) is 3.12. The molecular weight excluding hydrogens is 490 g/mol. The van der Waals surface area contributed by atoms with Crippen molar-refractivity contribution in [3.05, 3.63) is 98.0 Å². The van der Waals surface area contributed by atoms with Gasteiger partial charge in [0.2, 0.25) is 0 Å². The number of para-hydroxylation sites is 1. The van der Waals surface area contributed by atoms with Gasteiger partial charge >= 0.3 is 0 Å². The Balaban J connectivity index is 1.82. The van der Waals surface area contributed by atoms with E-state index in [-0.39, 0.29) is 11.5 Å². The van der Waals surface area contributed by atoms with E-state index in [1.165, 1.54) is 4.57 Å². The van der Waals surface area contributed by atoms with Gasteiger partial charge in [0, 0.05) is 21.6 Å². The van der Waals surface area contributed by atoms with Crippen molar-refractivity contribution < 1.29 is 4.79 Å². The lowest BCUT2D eigenvalue weighted by molar-refractivity contribution is -0.112. The Hall–Kier alpha value is -3.22. The van der Waals surface area contributed by atoms with Crippen LogP contribution in [0, 0.1) is 0 Å². The Bertz CT molecular complexity index is 1480. The molecule has 2 heterocycles. The highest BCUT2D eigenvalue weighted by Gasteiger charge is 2.32. The zero-order valence-corrected chi connectivity index (χ0v) is 19.4. The number of carbonyl (C=O) groups excluding carboxylic acids is 1. The average Bonchev–Trinajstić information content (AvgIpc) is 3.05. The maximum atomic E-state index is 13.5. The molecule has 0 bridgehead atoms. The Morgan fingerprint density at radius 3 is 2.53 bits per heavy atom. The normalized spacial score (nSPS) is 14.4. The molecule has 158 valence electrons. The maximum Gasteiger partial charge on any atom is 0.266 e. The molecule has 1 amide bonds. The van der Waals surface area contributed by atoms with Crippen LogP contribution < -0.4 is 10.5 Å². The fourth-order valence-electron chi connectivity index (χ4n) is 4.00. The summed E-state index contributed by atoms with van der Waals surface area (Å²) < 4.78 is 2.39. The molecule has 0 spiro atoms. The molecule has 4 aromatic rings. The van der Waals surface area contributed by atoms with Crippen molar-refractivity contribution in [3.63, 3.8) is 0 Å². The lowest BCUT2D eigenvalue weighted by Gasteiger charge is -2.14. The van der Waals surface area contributed by atoms with Gasteiger partial charge in [-0.2, -0.15) is 0 Å². The fourth-order valence-corrected chi connectivity index (χ4v) is 4.49. The second kappa shape index (κ2) is 8.04. The van der Waals surface area contributed by atoms with Gasteiger partial charge in [0.25, 0.3) is 11.5 Å². The molecule has 0 aliphatic carbocycles. The molecule has 1 aliphatic heterocycles. The van der Waals surface area contributed by atoms with Crippen molar-refractivity contribution in [1.29, 1.82) is 0 Å². The monoisotopic (exact) mass is 505 g/mol. The molecule has 3 aromatic carbocycles. The van der Waals surface area contributed by atoms with Crippen LogP contribution in [0.2, 0.25) is 5.02 Å². The Labute approximate surface area is 197 Å². The third-order valence-corrected chi connectivity index (χ3v) is 6.24. The van der Waals surface area contributed by atoms with E-state index in [0.29, 0.717) is 39.6 Å². The number of hydrogen-bond acceptors (Lipinski definition) is 3. The second-order valence-corrected chi connectivity index (χ2v) is 8.73. The number of hydrogen-bond donors (Lipinski definition) is 0. The van der Waals surface area contributed by atoms with Crippen LogP contribution in [0.5, 0.6) is 0 Å². The van der Waals surface area contributed by atoms with E-state index in [4.69, 9.17) is 16.6 Å². The minimum Gasteiger partial charge on any atom is -0.308 e. The van der Waals surface area contributed by atoms with Gasteiger partial charge in [-0.25, -0.2) is 4.98 Å². The fraction of sp³-hybridized carbons (Fsp3) is 0.0800. The lowest BCUT2D eigenvalue weighted by atomic mass is 10.1. The molecule has 5 rings (SSSR count). The summed E-state index contributed by atoms with van der Waals surface area (Å²) in [4.78, 5) is 33.2. The van der Waals surface area contributed by atoms with Crippen LogP contribution in [0.4, 0.5) is 5.69 Å². The minimum absolute atomic E-state index is 0.120. The summed E-state index contributed by atoms with van der Waals surface area (Å²) >= 11 is 9.57. The highest BCUT2D eigenvalue weighted by atomic mass is 79.9. The first-order valence-electron chi connectivity index (χ1n) is 10.1. The van der Waals surface area contributed by atoms with E-state index < -0.39 is 0 Å². The zero-order chi connectivity index (χ0) is 22.4. The molecular formula is C25H17BrClN3O2. The van der Waals surface area contributed by atoms with Crippen LogP contribution in [-0.4, -0.2) is 22.0 Å². The summed E-state index contributed by atoms with van der Waals surface area (Å²) in [5, 5.41) is 1.07. The summed E-state index contributed by atoms with van der Waals surface area (Å²) in [5.74, 6) is 0.258. The van der Waals surface area contributed by atoms with Gasteiger partial charge in [-0.15, -0.1) is 0 Å². The molecule has 0 atom stereocenters. The van der Waals surface area contributed by atoms with Gasteiger partial charge in [-0.05, 0) is 67.6 Å². The molecule has 7 heteroatoms. The number of halogens is 2. The maximum absolute atomic E-state index is 13.5. The number of anilines is 1. The predicted octanol–water partition coefficient (Wildman–Crippen LogP) is 5.71. The summed E-state index contributed by atoms with van der Waals surface area (Å²) in [7, 11) is 0. The molecule has 32 heavy (non-hydrogen) atoms. The third kappa shape index (κ3) is 3.36. The number of likely N-dealkylation sites (N-methyl/N-ethyl adjacent to an activating group) is 1. The van der Waals surface area contributed by atoms with Gasteiger partial charge in [0.15, 0.2) is 0 Å². The number of carbonyl (C=O) groups is 1. The first kappa shape index (κ1) is 20.7. The van der Waals surface area contributed by atoms with E-state index in [9.17, 15) is 9.59 Å². The smallest absolute Gasteiger partial charge is 0.266 e. The zero-order valence-electron chi connectivity index (χ0n) is 17.0. The molecule has 1 aliphatic rings. The van der Waals surface area contributed by atoms with E-state index in [1.807, 2.05) is 37.3 Å². The molecule has 0 radical (unpaired) electrons. The van der Waals surface area contributed by atoms with Crippen molar-refractivity contribution >= 4 is 61.7 Å². The predicted molar refractivity (Wildman–Crippen MR) is 132 cm³/mol. The Kier molecular flexibility index (Phi) is 5.19. The largest absolute Gasteiger partial charge is 0.308 e. The van der Waals surface area contributed by atoms with Crippen LogP contribution in [0.15, 0.2) is 76.0 Å². The van der Waals surface area contributed by atoms with E-state index in [2.05, 4.69) is 15.9 Å². The summed E-state index contributed by atoms with van der Waals surface area (Å²) in [6.45, 7) is 2.48. The molecule has 0 fully saturated rings. The first-order valence-corrected chi connectivity index (χ1v) is 11.3. The van der Waals surface area contributed by atoms with E-state index in [1.54, 1.807) is 47.4 Å². The SMILES string of the molecule is CCN1C(=O)/C(=C\c2nc3ccccc3c(=O)n2-c2ccc(Cl)cc2)c2cc(Br)ccc21. The molecule has 0 saturated heterocycles. The molecule has 0 N–H and O–H groups in total. The highest BCUT2D eigenvalue weighted by molar-refractivity contribution is 9.10. The molecule has 5 nitrogen and oxygen atoms in total. The van der Waals surface area contributed by atoms with Crippen LogP contribution in [0.3, 0.4) is 0 Å². The van der Waals surface area contributed by atoms with Crippen molar-refractivity contribution in [3.8, 4) is 5.69 Å². The summed E-state index contributed by atoms with van der Waals surface area (Å²) in [6.07, 6.45) is 1.70. The highest BCUT2D eigenvalue weighted by Crippen LogP contribution is 2.39. The minimum atomic E-state index is -0.211. The number of nitrogens with zero attached hydrogens (tertiary/aromatic N) is 3. The second-order valence-electron chi connectivity index (χ2n) is 7.37. The lowest BCUT2D eigenvalue weighted by Crippen LogP contribution is -2.26. The Morgan fingerprint density at radius 1 is 1.03 bits per heavy atom. The number of amides is 1. The van der Waals surface area contributed by atoms with Crippen LogP contribution >= 0.6 is 27.5 Å². The quantitative estimate of drug-likeness (QED) is 0.335. The van der Waals surface area contributed by atoms with Crippen molar-refractivity contribution in [2.45, 2.75) is 6.92 Å². The number of benzene rings is 3.